The second-order valence-corrected chi connectivity index (χ2v) is 5.53. The van der Waals surface area contributed by atoms with Crippen molar-refractivity contribution in [2.75, 3.05) is 13.2 Å². The molecule has 23 heavy (non-hydrogen) atoms. The molecule has 0 radical (unpaired) electrons. The molecule has 4 unspecified atom stereocenters. The molecule has 11 nitrogen and oxygen atoms in total. The van der Waals surface area contributed by atoms with Gasteiger partial charge in [0.05, 0.1) is 13.2 Å². The minimum absolute atomic E-state index is 0.667. The summed E-state index contributed by atoms with van der Waals surface area (Å²) < 4.78 is 15.3. The Morgan fingerprint density at radius 2 is 1.26 bits per heavy atom. The first-order valence-electron chi connectivity index (χ1n) is 7.08. The van der Waals surface area contributed by atoms with E-state index in [1.807, 2.05) is 0 Å². The van der Waals surface area contributed by atoms with E-state index in [9.17, 15) is 35.7 Å². The average molecular weight is 342 g/mol. The van der Waals surface area contributed by atoms with E-state index in [4.69, 9.17) is 19.3 Å². The van der Waals surface area contributed by atoms with E-state index in [2.05, 4.69) is 0 Å². The van der Waals surface area contributed by atoms with Gasteiger partial charge in [0.25, 0.3) is 0 Å². The molecule has 136 valence electrons. The molecule has 0 amide bonds. The Bertz CT molecular complexity index is 378. The van der Waals surface area contributed by atoms with Gasteiger partial charge >= 0.3 is 0 Å². The van der Waals surface area contributed by atoms with Crippen LogP contribution < -0.4 is 0 Å². The van der Waals surface area contributed by atoms with E-state index in [-0.39, 0.29) is 0 Å². The van der Waals surface area contributed by atoms with Crippen molar-refractivity contribution >= 4 is 0 Å². The van der Waals surface area contributed by atoms with Crippen LogP contribution in [-0.4, -0.2) is 115 Å². The Labute approximate surface area is 130 Å². The lowest BCUT2D eigenvalue weighted by molar-refractivity contribution is -0.355. The van der Waals surface area contributed by atoms with Crippen molar-refractivity contribution in [2.45, 2.75) is 61.4 Å². The number of rotatable bonds is 4. The van der Waals surface area contributed by atoms with Gasteiger partial charge in [0.15, 0.2) is 12.6 Å². The molecular formula is C12H22O11. The van der Waals surface area contributed by atoms with Crippen LogP contribution in [0.1, 0.15) is 0 Å². The molecule has 2 rings (SSSR count). The summed E-state index contributed by atoms with van der Waals surface area (Å²) in [6, 6.07) is 0. The van der Waals surface area contributed by atoms with Crippen molar-refractivity contribution < 1.29 is 55.1 Å². The topological polar surface area (TPSA) is 190 Å². The van der Waals surface area contributed by atoms with Crippen LogP contribution in [0.2, 0.25) is 0 Å². The van der Waals surface area contributed by atoms with E-state index >= 15 is 0 Å². The van der Waals surface area contributed by atoms with Crippen LogP contribution in [0, 0.1) is 0 Å². The summed E-state index contributed by atoms with van der Waals surface area (Å²) in [5, 5.41) is 76.5. The summed E-state index contributed by atoms with van der Waals surface area (Å²) in [4.78, 5) is 0. The molecule has 11 heteroatoms. The summed E-state index contributed by atoms with van der Waals surface area (Å²) in [6.45, 7) is -1.35. The third-order valence-corrected chi connectivity index (χ3v) is 3.98. The van der Waals surface area contributed by atoms with Gasteiger partial charge in [-0.05, 0) is 0 Å². The second-order valence-electron chi connectivity index (χ2n) is 5.53. The molecule has 0 spiro atoms. The third kappa shape index (κ3) is 3.65. The third-order valence-electron chi connectivity index (χ3n) is 3.98. The van der Waals surface area contributed by atoms with Crippen molar-refractivity contribution in [2.24, 2.45) is 0 Å². The van der Waals surface area contributed by atoms with Gasteiger partial charge in [0, 0.05) is 0 Å². The van der Waals surface area contributed by atoms with Crippen LogP contribution in [0.4, 0.5) is 0 Å². The fourth-order valence-electron chi connectivity index (χ4n) is 2.57. The molecular weight excluding hydrogens is 320 g/mol. The molecule has 2 aliphatic heterocycles. The smallest absolute Gasteiger partial charge is 0.187 e. The summed E-state index contributed by atoms with van der Waals surface area (Å²) >= 11 is 0. The standard InChI is InChI=1S/C12H22O11/c13-1-3-5(15)6(16)9(19)12(22-3)23-10-4(2-14)21-11(20)8(18)7(10)17/h3-20H,1-2H2/t3?,4?,5-,6+,7-,8?,9-,10+,11+,12?/m0/s1. The molecule has 2 fully saturated rings. The SMILES string of the molecule is OCC1O[C@@H](O)C(O)[C@H](O)[C@@H]1OC1OC(CO)[C@H](O)[C@@H](O)[C@@H]1O. The van der Waals surface area contributed by atoms with Crippen molar-refractivity contribution in [1.82, 2.24) is 0 Å². The van der Waals surface area contributed by atoms with Gasteiger partial charge in [-0.25, -0.2) is 0 Å². The molecule has 0 aliphatic carbocycles. The quantitative estimate of drug-likeness (QED) is 0.243. The Morgan fingerprint density at radius 3 is 1.83 bits per heavy atom. The van der Waals surface area contributed by atoms with E-state index in [1.165, 1.54) is 0 Å². The molecule has 0 bridgehead atoms. The number of ether oxygens (including phenoxy) is 3. The molecule has 0 aromatic carbocycles. The molecule has 10 atom stereocenters. The van der Waals surface area contributed by atoms with Gasteiger partial charge in [-0.3, -0.25) is 0 Å². The lowest BCUT2D eigenvalue weighted by Gasteiger charge is -2.45. The number of hydrogen-bond acceptors (Lipinski definition) is 11. The molecule has 2 aliphatic rings. The average Bonchev–Trinajstić information content (AvgIpc) is 2.55. The first kappa shape index (κ1) is 18.9. The van der Waals surface area contributed by atoms with Crippen LogP contribution in [0.15, 0.2) is 0 Å². The predicted molar refractivity (Wildman–Crippen MR) is 68.6 cm³/mol. The second kappa shape index (κ2) is 7.63. The number of aliphatic hydroxyl groups is 8. The highest BCUT2D eigenvalue weighted by atomic mass is 16.7. The predicted octanol–water partition coefficient (Wildman–Crippen LogP) is -5.40. The normalized spacial score (nSPS) is 51.7. The largest absolute Gasteiger partial charge is 0.394 e. The number of aliphatic hydroxyl groups excluding tert-OH is 8. The first-order valence-corrected chi connectivity index (χ1v) is 7.08. The van der Waals surface area contributed by atoms with E-state index in [1.54, 1.807) is 0 Å². The van der Waals surface area contributed by atoms with Gasteiger partial charge in [0.2, 0.25) is 0 Å². The minimum Gasteiger partial charge on any atom is -0.394 e. The lowest BCUT2D eigenvalue weighted by atomic mass is 9.97. The zero-order valence-corrected chi connectivity index (χ0v) is 12.0. The van der Waals surface area contributed by atoms with Crippen molar-refractivity contribution in [1.29, 1.82) is 0 Å². The van der Waals surface area contributed by atoms with Gasteiger partial charge in [-0.2, -0.15) is 0 Å². The summed E-state index contributed by atoms with van der Waals surface area (Å²) in [5.41, 5.74) is 0. The maximum absolute atomic E-state index is 9.94. The lowest BCUT2D eigenvalue weighted by Crippen LogP contribution is -2.64. The Hall–Kier alpha value is -0.440. The van der Waals surface area contributed by atoms with Crippen molar-refractivity contribution in [3.63, 3.8) is 0 Å². The first-order chi connectivity index (χ1) is 10.8. The fourth-order valence-corrected chi connectivity index (χ4v) is 2.57. The van der Waals surface area contributed by atoms with Crippen LogP contribution in [0.3, 0.4) is 0 Å². The van der Waals surface area contributed by atoms with E-state index < -0.39 is 74.6 Å². The molecule has 0 saturated carbocycles. The Kier molecular flexibility index (Phi) is 6.27. The zero-order chi connectivity index (χ0) is 17.3. The van der Waals surface area contributed by atoms with Crippen LogP contribution in [0.5, 0.6) is 0 Å². The van der Waals surface area contributed by atoms with Crippen LogP contribution in [0.25, 0.3) is 0 Å². The molecule has 2 heterocycles. The molecule has 0 aromatic heterocycles. The summed E-state index contributed by atoms with van der Waals surface area (Å²) in [6.07, 6.45) is -15.6. The van der Waals surface area contributed by atoms with E-state index in [0.717, 1.165) is 0 Å². The van der Waals surface area contributed by atoms with Gasteiger partial charge in [-0.1, -0.05) is 0 Å². The van der Waals surface area contributed by atoms with Crippen LogP contribution in [-0.2, 0) is 14.2 Å². The Balaban J connectivity index is 2.11. The number of hydrogen-bond donors (Lipinski definition) is 8. The van der Waals surface area contributed by atoms with Gasteiger partial charge in [-0.15, -0.1) is 0 Å². The van der Waals surface area contributed by atoms with Gasteiger partial charge < -0.3 is 55.1 Å². The molecule has 0 aromatic rings. The summed E-state index contributed by atoms with van der Waals surface area (Å²) in [5.74, 6) is 0. The van der Waals surface area contributed by atoms with Crippen molar-refractivity contribution in [3.05, 3.63) is 0 Å². The maximum atomic E-state index is 9.94. The minimum atomic E-state index is -1.74. The maximum Gasteiger partial charge on any atom is 0.187 e. The Morgan fingerprint density at radius 1 is 0.652 bits per heavy atom. The van der Waals surface area contributed by atoms with Crippen molar-refractivity contribution in [3.8, 4) is 0 Å². The van der Waals surface area contributed by atoms with Gasteiger partial charge in [0.1, 0.15) is 48.8 Å². The van der Waals surface area contributed by atoms with Crippen LogP contribution >= 0.6 is 0 Å². The summed E-state index contributed by atoms with van der Waals surface area (Å²) in [7, 11) is 0. The molecule has 2 saturated heterocycles. The highest BCUT2D eigenvalue weighted by Gasteiger charge is 2.50. The molecule has 8 N–H and O–H groups in total. The monoisotopic (exact) mass is 342 g/mol. The zero-order valence-electron chi connectivity index (χ0n) is 12.0. The van der Waals surface area contributed by atoms with E-state index in [0.29, 0.717) is 0 Å². The highest BCUT2D eigenvalue weighted by Crippen LogP contribution is 2.28. The fraction of sp³-hybridized carbons (Fsp3) is 1.00. The highest BCUT2D eigenvalue weighted by molar-refractivity contribution is 4.93.